The monoisotopic (exact) mass is 472 g/mol. The number of esters is 1. The first kappa shape index (κ1) is 22.1. The van der Waals surface area contributed by atoms with Crippen molar-refractivity contribution < 1.29 is 9.53 Å². The van der Waals surface area contributed by atoms with Crippen molar-refractivity contribution in [2.45, 2.75) is 40.2 Å². The predicted octanol–water partition coefficient (Wildman–Crippen LogP) is 4.56. The van der Waals surface area contributed by atoms with Crippen molar-refractivity contribution in [2.24, 2.45) is 4.99 Å². The van der Waals surface area contributed by atoms with Gasteiger partial charge in [0.1, 0.15) is 16.9 Å². The number of aryl methyl sites for hydroxylation is 2. The van der Waals surface area contributed by atoms with Gasteiger partial charge in [0, 0.05) is 34.0 Å². The lowest BCUT2D eigenvalue weighted by atomic mass is 9.98. The lowest BCUT2D eigenvalue weighted by Gasteiger charge is -2.12. The highest BCUT2D eigenvalue weighted by atomic mass is 32.1. The van der Waals surface area contributed by atoms with Gasteiger partial charge in [0.2, 0.25) is 0 Å². The molecule has 0 saturated carbocycles. The molecule has 4 aromatic rings. The Morgan fingerprint density at radius 3 is 2.56 bits per heavy atom. The van der Waals surface area contributed by atoms with Crippen LogP contribution in [0.2, 0.25) is 0 Å². The van der Waals surface area contributed by atoms with Crippen LogP contribution in [-0.2, 0) is 9.53 Å². The van der Waals surface area contributed by atoms with Gasteiger partial charge in [0.25, 0.3) is 0 Å². The number of benzene rings is 1. The summed E-state index contributed by atoms with van der Waals surface area (Å²) < 4.78 is 7.27. The summed E-state index contributed by atoms with van der Waals surface area (Å²) in [5.41, 5.74) is 5.78. The van der Waals surface area contributed by atoms with E-state index < -0.39 is 6.04 Å². The molecule has 5 rings (SSSR count). The maximum atomic E-state index is 12.5. The normalized spacial score (nSPS) is 14.7. The Balaban J connectivity index is 1.67. The molecule has 4 heterocycles. The maximum Gasteiger partial charge on any atom is 0.308 e. The van der Waals surface area contributed by atoms with E-state index in [1.165, 1.54) is 4.88 Å². The average molecular weight is 473 g/mol. The number of hydrogen-bond donors (Lipinski definition) is 0. The van der Waals surface area contributed by atoms with Gasteiger partial charge in [-0.15, -0.1) is 21.5 Å². The summed E-state index contributed by atoms with van der Waals surface area (Å²) in [7, 11) is 0. The Hall–Kier alpha value is -3.72. The van der Waals surface area contributed by atoms with Gasteiger partial charge in [-0.25, -0.2) is 0 Å². The molecule has 0 N–H and O–H groups in total. The molecule has 1 aromatic carbocycles. The molecule has 0 amide bonds. The molecule has 1 atom stereocenters. The zero-order chi connectivity index (χ0) is 23.8. The summed E-state index contributed by atoms with van der Waals surface area (Å²) >= 11 is 1.69. The van der Waals surface area contributed by atoms with E-state index in [9.17, 15) is 4.79 Å². The van der Waals surface area contributed by atoms with Crippen LogP contribution in [0, 0.1) is 20.8 Å². The smallest absolute Gasteiger partial charge is 0.308 e. The fraction of sp³-hybridized carbons (Fsp3) is 0.280. The summed E-state index contributed by atoms with van der Waals surface area (Å²) in [5.74, 6) is 1.11. The quantitative estimate of drug-likeness (QED) is 0.395. The molecule has 0 saturated heterocycles. The first-order valence-electron chi connectivity index (χ1n) is 11.1. The van der Waals surface area contributed by atoms with E-state index >= 15 is 0 Å². The third-order valence-electron chi connectivity index (χ3n) is 5.92. The second-order valence-corrected chi connectivity index (χ2v) is 9.28. The van der Waals surface area contributed by atoms with Crippen molar-refractivity contribution in [3.63, 3.8) is 0 Å². The van der Waals surface area contributed by atoms with E-state index in [-0.39, 0.29) is 12.4 Å². The Morgan fingerprint density at radius 2 is 1.85 bits per heavy atom. The number of nitrogens with zero attached hydrogens (tertiary/aromatic N) is 6. The van der Waals surface area contributed by atoms with Crippen molar-refractivity contribution >= 4 is 23.0 Å². The van der Waals surface area contributed by atoms with Crippen LogP contribution < -0.4 is 0 Å². The zero-order valence-electron chi connectivity index (χ0n) is 19.4. The summed E-state index contributed by atoms with van der Waals surface area (Å²) in [4.78, 5) is 27.3. The van der Waals surface area contributed by atoms with Crippen molar-refractivity contribution in [3.8, 4) is 16.3 Å². The highest BCUT2D eigenvalue weighted by Crippen LogP contribution is 2.39. The number of fused-ring (bicyclic) bond motifs is 3. The van der Waals surface area contributed by atoms with Crippen molar-refractivity contribution in [1.82, 2.24) is 24.7 Å². The molecule has 0 aliphatic carbocycles. The van der Waals surface area contributed by atoms with Crippen LogP contribution >= 0.6 is 11.3 Å². The Labute approximate surface area is 201 Å². The molecule has 0 bridgehead atoms. The van der Waals surface area contributed by atoms with Crippen LogP contribution in [0.1, 0.15) is 52.6 Å². The molecular weight excluding hydrogens is 448 g/mol. The summed E-state index contributed by atoms with van der Waals surface area (Å²) in [6.07, 6.45) is 5.18. The molecule has 0 spiro atoms. The molecule has 3 aromatic heterocycles. The predicted molar refractivity (Wildman–Crippen MR) is 131 cm³/mol. The topological polar surface area (TPSA) is 95.2 Å². The fourth-order valence-electron chi connectivity index (χ4n) is 4.15. The highest BCUT2D eigenvalue weighted by molar-refractivity contribution is 7.15. The van der Waals surface area contributed by atoms with Gasteiger partial charge in [0.05, 0.1) is 30.6 Å². The van der Waals surface area contributed by atoms with E-state index in [0.717, 1.165) is 44.5 Å². The van der Waals surface area contributed by atoms with Crippen LogP contribution in [0.15, 0.2) is 47.8 Å². The van der Waals surface area contributed by atoms with Crippen molar-refractivity contribution in [3.05, 3.63) is 76.1 Å². The molecule has 1 aliphatic rings. The Kier molecular flexibility index (Phi) is 5.79. The number of thiophene rings is 1. The highest BCUT2D eigenvalue weighted by Gasteiger charge is 2.32. The summed E-state index contributed by atoms with van der Waals surface area (Å²) in [6.45, 7) is 8.27. The number of aliphatic imine (C=N–C) groups is 1. The van der Waals surface area contributed by atoms with Gasteiger partial charge in [-0.3, -0.25) is 24.3 Å². The molecule has 0 fully saturated rings. The van der Waals surface area contributed by atoms with Crippen LogP contribution in [0.4, 0.5) is 0 Å². The van der Waals surface area contributed by atoms with Crippen LogP contribution in [0.25, 0.3) is 16.3 Å². The summed E-state index contributed by atoms with van der Waals surface area (Å²) in [5, 5.41) is 9.75. The molecule has 8 nitrogen and oxygen atoms in total. The maximum absolute atomic E-state index is 12.5. The largest absolute Gasteiger partial charge is 0.466 e. The number of aromatic nitrogens is 5. The minimum atomic E-state index is -0.505. The van der Waals surface area contributed by atoms with Crippen molar-refractivity contribution in [2.75, 3.05) is 6.61 Å². The number of carbonyl (C=O) groups is 1. The Morgan fingerprint density at radius 1 is 1.09 bits per heavy atom. The molecule has 172 valence electrons. The molecule has 1 aliphatic heterocycles. The molecule has 0 unspecified atom stereocenters. The van der Waals surface area contributed by atoms with Gasteiger partial charge in [0.15, 0.2) is 5.82 Å². The first-order chi connectivity index (χ1) is 16.5. The number of rotatable bonds is 5. The van der Waals surface area contributed by atoms with Crippen LogP contribution in [-0.4, -0.2) is 43.0 Å². The van der Waals surface area contributed by atoms with E-state index in [1.807, 2.05) is 35.8 Å². The third kappa shape index (κ3) is 3.81. The van der Waals surface area contributed by atoms with Gasteiger partial charge in [-0.2, -0.15) is 0 Å². The van der Waals surface area contributed by atoms with Crippen LogP contribution in [0.3, 0.4) is 0 Å². The molecule has 0 radical (unpaired) electrons. The minimum Gasteiger partial charge on any atom is -0.466 e. The standard InChI is InChI=1S/C25H24N6O2S/c1-5-33-21(32)12-19-24-30-29-16(4)31(24)25-22(14(2)15(3)34-25)23(28-19)18-8-6-17(7-9-18)20-13-26-10-11-27-20/h6-11,13,19H,5,12H2,1-4H3/t19-/m0/s1. The van der Waals surface area contributed by atoms with Gasteiger partial charge in [-0.1, -0.05) is 24.3 Å². The number of carbonyl (C=O) groups excluding carboxylic acids is 1. The van der Waals surface area contributed by atoms with Gasteiger partial charge in [-0.05, 0) is 33.3 Å². The fourth-order valence-corrected chi connectivity index (χ4v) is 5.36. The van der Waals surface area contributed by atoms with E-state index in [2.05, 4.69) is 34.0 Å². The lowest BCUT2D eigenvalue weighted by Crippen LogP contribution is -2.13. The SMILES string of the molecule is CCOC(=O)C[C@@H]1N=C(c2ccc(-c3cnccn3)cc2)c2c(sc(C)c2C)-n2c(C)nnc21. The molecular formula is C25H24N6O2S. The Bertz CT molecular complexity index is 1390. The van der Waals surface area contributed by atoms with Crippen LogP contribution in [0.5, 0.6) is 0 Å². The van der Waals surface area contributed by atoms with E-state index in [1.54, 1.807) is 36.9 Å². The second kappa shape index (κ2) is 8.90. The third-order valence-corrected chi connectivity index (χ3v) is 7.11. The van der Waals surface area contributed by atoms with Gasteiger partial charge >= 0.3 is 5.97 Å². The van der Waals surface area contributed by atoms with E-state index in [0.29, 0.717) is 12.4 Å². The average Bonchev–Trinajstić information content (AvgIpc) is 3.32. The number of ether oxygens (including phenoxy) is 1. The lowest BCUT2D eigenvalue weighted by molar-refractivity contribution is -0.143. The minimum absolute atomic E-state index is 0.0974. The number of hydrogen-bond acceptors (Lipinski definition) is 8. The molecule has 34 heavy (non-hydrogen) atoms. The molecule has 9 heteroatoms. The van der Waals surface area contributed by atoms with E-state index in [4.69, 9.17) is 9.73 Å². The van der Waals surface area contributed by atoms with Crippen molar-refractivity contribution in [1.29, 1.82) is 0 Å². The van der Waals surface area contributed by atoms with Gasteiger partial charge < -0.3 is 4.74 Å². The summed E-state index contributed by atoms with van der Waals surface area (Å²) in [6, 6.07) is 7.62. The zero-order valence-corrected chi connectivity index (χ0v) is 20.3. The first-order valence-corrected chi connectivity index (χ1v) is 11.9. The second-order valence-electron chi connectivity index (χ2n) is 8.07.